The fraction of sp³-hybridized carbons (Fsp3) is 0.316. The van der Waals surface area contributed by atoms with Crippen molar-refractivity contribution >= 4 is 27.5 Å². The number of rotatable bonds is 3. The van der Waals surface area contributed by atoms with Crippen LogP contribution in [-0.2, 0) is 11.2 Å². The SMILES string of the molecule is CC.COc1ccc2c(c1)CC(C(=O)Nc1ccc(Br)cc1O)CO2. The number of ether oxygens (including phenoxy) is 2. The van der Waals surface area contributed by atoms with Crippen molar-refractivity contribution in [1.29, 1.82) is 0 Å². The van der Waals surface area contributed by atoms with Gasteiger partial charge in [-0.15, -0.1) is 0 Å². The van der Waals surface area contributed by atoms with Crippen LogP contribution >= 0.6 is 15.9 Å². The Morgan fingerprint density at radius 2 is 2.04 bits per heavy atom. The molecule has 0 radical (unpaired) electrons. The molecule has 2 aromatic carbocycles. The van der Waals surface area contributed by atoms with Gasteiger partial charge in [-0.25, -0.2) is 0 Å². The van der Waals surface area contributed by atoms with Gasteiger partial charge in [-0.05, 0) is 48.4 Å². The van der Waals surface area contributed by atoms with Crippen LogP contribution in [0.25, 0.3) is 0 Å². The van der Waals surface area contributed by atoms with Gasteiger partial charge in [0.1, 0.15) is 23.9 Å². The van der Waals surface area contributed by atoms with Crippen molar-refractivity contribution in [2.75, 3.05) is 19.0 Å². The lowest BCUT2D eigenvalue weighted by Gasteiger charge is -2.25. The number of carbonyl (C=O) groups is 1. The molecule has 1 atom stereocenters. The summed E-state index contributed by atoms with van der Waals surface area (Å²) in [7, 11) is 1.60. The zero-order valence-corrected chi connectivity index (χ0v) is 16.1. The molecule has 134 valence electrons. The van der Waals surface area contributed by atoms with Crippen molar-refractivity contribution in [2.24, 2.45) is 5.92 Å². The van der Waals surface area contributed by atoms with Gasteiger partial charge in [-0.2, -0.15) is 0 Å². The quantitative estimate of drug-likeness (QED) is 0.740. The maximum atomic E-state index is 12.4. The van der Waals surface area contributed by atoms with Gasteiger partial charge in [-0.3, -0.25) is 4.79 Å². The number of phenolic OH excluding ortho intramolecular Hbond substituents is 1. The predicted octanol–water partition coefficient (Wildman–Crippen LogP) is 4.38. The average molecular weight is 408 g/mol. The average Bonchev–Trinajstić information content (AvgIpc) is 2.64. The molecular formula is C19H22BrNO4. The number of halogens is 1. The minimum absolute atomic E-state index is 0.0199. The van der Waals surface area contributed by atoms with Crippen molar-refractivity contribution in [3.05, 3.63) is 46.4 Å². The van der Waals surface area contributed by atoms with E-state index in [1.54, 1.807) is 19.2 Å². The third kappa shape index (κ3) is 4.66. The summed E-state index contributed by atoms with van der Waals surface area (Å²) in [5, 5.41) is 12.6. The van der Waals surface area contributed by atoms with Crippen LogP contribution in [0, 0.1) is 5.92 Å². The Balaban J connectivity index is 0.00000109. The van der Waals surface area contributed by atoms with Crippen molar-refractivity contribution in [2.45, 2.75) is 20.3 Å². The minimum atomic E-state index is -0.322. The van der Waals surface area contributed by atoms with Crippen molar-refractivity contribution in [1.82, 2.24) is 0 Å². The molecule has 1 aliphatic heterocycles. The van der Waals surface area contributed by atoms with E-state index in [1.165, 1.54) is 6.07 Å². The van der Waals surface area contributed by atoms with Crippen molar-refractivity contribution in [3.63, 3.8) is 0 Å². The lowest BCUT2D eigenvalue weighted by molar-refractivity contribution is -0.121. The summed E-state index contributed by atoms with van der Waals surface area (Å²) in [6, 6.07) is 10.5. The number of nitrogens with one attached hydrogen (secondary N) is 1. The minimum Gasteiger partial charge on any atom is -0.506 e. The Hall–Kier alpha value is -2.21. The zero-order chi connectivity index (χ0) is 18.4. The van der Waals surface area contributed by atoms with Crippen LogP contribution in [0.1, 0.15) is 19.4 Å². The summed E-state index contributed by atoms with van der Waals surface area (Å²) in [5.41, 5.74) is 1.32. The molecule has 0 saturated carbocycles. The van der Waals surface area contributed by atoms with E-state index in [9.17, 15) is 9.90 Å². The Labute approximate surface area is 156 Å². The molecule has 0 bridgehead atoms. The van der Waals surface area contributed by atoms with E-state index in [4.69, 9.17) is 9.47 Å². The molecular weight excluding hydrogens is 386 g/mol. The number of anilines is 1. The van der Waals surface area contributed by atoms with Crippen LogP contribution in [0.4, 0.5) is 5.69 Å². The monoisotopic (exact) mass is 407 g/mol. The standard InChI is InChI=1S/C17H16BrNO4.C2H6/c1-22-13-3-5-16-10(7-13)6-11(9-23-16)17(21)19-14-4-2-12(18)8-15(14)20;1-2/h2-5,7-8,11,20H,6,9H2,1H3,(H,19,21);1-2H3. The Bertz CT molecular complexity index is 748. The van der Waals surface area contributed by atoms with Gasteiger partial charge >= 0.3 is 0 Å². The van der Waals surface area contributed by atoms with Gasteiger partial charge in [0, 0.05) is 4.47 Å². The summed E-state index contributed by atoms with van der Waals surface area (Å²) in [4.78, 5) is 12.4. The smallest absolute Gasteiger partial charge is 0.231 e. The highest BCUT2D eigenvalue weighted by atomic mass is 79.9. The number of benzene rings is 2. The predicted molar refractivity (Wildman–Crippen MR) is 101 cm³/mol. The van der Waals surface area contributed by atoms with E-state index < -0.39 is 0 Å². The van der Waals surface area contributed by atoms with Crippen LogP contribution in [-0.4, -0.2) is 24.7 Å². The van der Waals surface area contributed by atoms with Gasteiger partial charge < -0.3 is 19.9 Å². The van der Waals surface area contributed by atoms with Crippen LogP contribution < -0.4 is 14.8 Å². The first-order chi connectivity index (χ1) is 12.1. The van der Waals surface area contributed by atoms with E-state index in [0.717, 1.165) is 21.5 Å². The zero-order valence-electron chi connectivity index (χ0n) is 14.5. The molecule has 6 heteroatoms. The Kier molecular flexibility index (Phi) is 6.70. The third-order valence-electron chi connectivity index (χ3n) is 3.76. The second-order valence-corrected chi connectivity index (χ2v) is 6.25. The highest BCUT2D eigenvalue weighted by Gasteiger charge is 2.27. The van der Waals surface area contributed by atoms with E-state index in [1.807, 2.05) is 32.0 Å². The number of phenols is 1. The van der Waals surface area contributed by atoms with Crippen molar-refractivity contribution in [3.8, 4) is 17.2 Å². The summed E-state index contributed by atoms with van der Waals surface area (Å²) < 4.78 is 11.6. The summed E-state index contributed by atoms with van der Waals surface area (Å²) >= 11 is 3.27. The lowest BCUT2D eigenvalue weighted by Crippen LogP contribution is -2.32. The van der Waals surface area contributed by atoms with E-state index >= 15 is 0 Å². The lowest BCUT2D eigenvalue weighted by atomic mass is 9.95. The number of aromatic hydroxyl groups is 1. The van der Waals surface area contributed by atoms with Crippen LogP contribution in [0.3, 0.4) is 0 Å². The molecule has 5 nitrogen and oxygen atoms in total. The Morgan fingerprint density at radius 1 is 1.28 bits per heavy atom. The number of methoxy groups -OCH3 is 1. The third-order valence-corrected chi connectivity index (χ3v) is 4.26. The second-order valence-electron chi connectivity index (χ2n) is 5.34. The number of amides is 1. The maximum absolute atomic E-state index is 12.4. The summed E-state index contributed by atoms with van der Waals surface area (Å²) in [5.74, 6) is 1.03. The molecule has 2 aromatic rings. The molecule has 1 aliphatic rings. The Morgan fingerprint density at radius 3 is 2.72 bits per heavy atom. The second kappa shape index (κ2) is 8.76. The molecule has 3 rings (SSSR count). The maximum Gasteiger partial charge on any atom is 0.231 e. The van der Waals surface area contributed by atoms with Crippen LogP contribution in [0.5, 0.6) is 17.2 Å². The van der Waals surface area contributed by atoms with Crippen LogP contribution in [0.2, 0.25) is 0 Å². The van der Waals surface area contributed by atoms with Gasteiger partial charge in [-0.1, -0.05) is 29.8 Å². The normalized spacial score (nSPS) is 15.1. The van der Waals surface area contributed by atoms with Gasteiger partial charge in [0.25, 0.3) is 0 Å². The molecule has 1 unspecified atom stereocenters. The van der Waals surface area contributed by atoms with E-state index in [2.05, 4.69) is 21.2 Å². The molecule has 2 N–H and O–H groups in total. The van der Waals surface area contributed by atoms with E-state index in [0.29, 0.717) is 18.7 Å². The molecule has 0 aromatic heterocycles. The van der Waals surface area contributed by atoms with Gasteiger partial charge in [0.05, 0.1) is 18.7 Å². The topological polar surface area (TPSA) is 67.8 Å². The fourth-order valence-corrected chi connectivity index (χ4v) is 2.86. The van der Waals surface area contributed by atoms with Gasteiger partial charge in [0.15, 0.2) is 0 Å². The molecule has 0 saturated heterocycles. The fourth-order valence-electron chi connectivity index (χ4n) is 2.51. The first-order valence-corrected chi connectivity index (χ1v) is 8.95. The van der Waals surface area contributed by atoms with Crippen molar-refractivity contribution < 1.29 is 19.4 Å². The summed E-state index contributed by atoms with van der Waals surface area (Å²) in [6.45, 7) is 4.31. The summed E-state index contributed by atoms with van der Waals surface area (Å²) in [6.07, 6.45) is 0.565. The first-order valence-electron chi connectivity index (χ1n) is 8.16. The molecule has 1 heterocycles. The first kappa shape index (κ1) is 19.1. The molecule has 0 fully saturated rings. The largest absolute Gasteiger partial charge is 0.506 e. The highest BCUT2D eigenvalue weighted by molar-refractivity contribution is 9.10. The van der Waals surface area contributed by atoms with E-state index in [-0.39, 0.29) is 17.6 Å². The highest BCUT2D eigenvalue weighted by Crippen LogP contribution is 2.32. The molecule has 0 aliphatic carbocycles. The molecule has 1 amide bonds. The number of carbonyl (C=O) groups excluding carboxylic acids is 1. The number of fused-ring (bicyclic) bond motifs is 1. The molecule has 0 spiro atoms. The number of hydrogen-bond acceptors (Lipinski definition) is 4. The van der Waals surface area contributed by atoms with Crippen LogP contribution in [0.15, 0.2) is 40.9 Å². The number of hydrogen-bond donors (Lipinski definition) is 2. The van der Waals surface area contributed by atoms with Gasteiger partial charge in [0.2, 0.25) is 5.91 Å². The molecule has 25 heavy (non-hydrogen) atoms.